The maximum atomic E-state index is 12.2. The van der Waals surface area contributed by atoms with E-state index in [0.29, 0.717) is 18.1 Å². The molecule has 0 bridgehead atoms. The fourth-order valence-corrected chi connectivity index (χ4v) is 2.86. The van der Waals surface area contributed by atoms with Gasteiger partial charge in [-0.3, -0.25) is 0 Å². The standard InChI is InChI=1S/C14H18N4O2S/c1-11-16-9-7-13(18-11)10-17-21(19,20)14-4-2-12(3-5-14)6-8-15/h2-5,7,9,17H,6,8,10,15H2,1H3. The summed E-state index contributed by atoms with van der Waals surface area (Å²) in [5.74, 6) is 0.609. The molecule has 1 heterocycles. The molecule has 21 heavy (non-hydrogen) atoms. The van der Waals surface area contributed by atoms with Crippen LogP contribution in [0.5, 0.6) is 0 Å². The Morgan fingerprint density at radius 2 is 1.90 bits per heavy atom. The molecule has 0 spiro atoms. The Morgan fingerprint density at radius 3 is 2.52 bits per heavy atom. The third-order valence-electron chi connectivity index (χ3n) is 2.94. The second-order valence-corrected chi connectivity index (χ2v) is 6.37. The van der Waals surface area contributed by atoms with Crippen molar-refractivity contribution >= 4 is 10.0 Å². The van der Waals surface area contributed by atoms with Crippen LogP contribution < -0.4 is 10.5 Å². The summed E-state index contributed by atoms with van der Waals surface area (Å²) in [7, 11) is -3.54. The first-order valence-corrected chi connectivity index (χ1v) is 8.07. The van der Waals surface area contributed by atoms with Crippen molar-refractivity contribution < 1.29 is 8.42 Å². The van der Waals surface area contributed by atoms with Crippen LogP contribution in [-0.4, -0.2) is 24.9 Å². The van der Waals surface area contributed by atoms with E-state index in [1.807, 2.05) is 0 Å². The normalized spacial score (nSPS) is 11.5. The highest BCUT2D eigenvalue weighted by molar-refractivity contribution is 7.89. The number of rotatable bonds is 6. The lowest BCUT2D eigenvalue weighted by Crippen LogP contribution is -2.24. The lowest BCUT2D eigenvalue weighted by atomic mass is 10.2. The van der Waals surface area contributed by atoms with E-state index in [-0.39, 0.29) is 11.4 Å². The molecule has 2 aromatic rings. The zero-order chi connectivity index (χ0) is 15.3. The highest BCUT2D eigenvalue weighted by Gasteiger charge is 2.13. The second-order valence-electron chi connectivity index (χ2n) is 4.60. The van der Waals surface area contributed by atoms with Crippen molar-refractivity contribution in [3.05, 3.63) is 53.6 Å². The topological polar surface area (TPSA) is 98.0 Å². The van der Waals surface area contributed by atoms with E-state index < -0.39 is 10.0 Å². The third kappa shape index (κ3) is 4.32. The van der Waals surface area contributed by atoms with Gasteiger partial charge in [-0.2, -0.15) is 0 Å². The molecule has 112 valence electrons. The van der Waals surface area contributed by atoms with Gasteiger partial charge in [-0.15, -0.1) is 0 Å². The summed E-state index contributed by atoms with van der Waals surface area (Å²) < 4.78 is 26.9. The molecule has 1 aromatic heterocycles. The summed E-state index contributed by atoms with van der Waals surface area (Å²) in [6, 6.07) is 8.39. The third-order valence-corrected chi connectivity index (χ3v) is 4.36. The zero-order valence-electron chi connectivity index (χ0n) is 11.8. The van der Waals surface area contributed by atoms with Gasteiger partial charge >= 0.3 is 0 Å². The molecular formula is C14H18N4O2S. The van der Waals surface area contributed by atoms with Crippen molar-refractivity contribution in [1.29, 1.82) is 0 Å². The summed E-state index contributed by atoms with van der Waals surface area (Å²) in [5.41, 5.74) is 7.11. The average molecular weight is 306 g/mol. The van der Waals surface area contributed by atoms with E-state index in [4.69, 9.17) is 5.73 Å². The van der Waals surface area contributed by atoms with Gasteiger partial charge in [0.2, 0.25) is 10.0 Å². The average Bonchev–Trinajstić information content (AvgIpc) is 2.46. The fourth-order valence-electron chi connectivity index (χ4n) is 1.86. The van der Waals surface area contributed by atoms with Crippen molar-refractivity contribution in [2.75, 3.05) is 6.54 Å². The van der Waals surface area contributed by atoms with Gasteiger partial charge in [0.25, 0.3) is 0 Å². The molecule has 7 heteroatoms. The van der Waals surface area contributed by atoms with E-state index in [0.717, 1.165) is 12.0 Å². The van der Waals surface area contributed by atoms with E-state index in [9.17, 15) is 8.42 Å². The van der Waals surface area contributed by atoms with Crippen LogP contribution in [0.25, 0.3) is 0 Å². The first-order valence-electron chi connectivity index (χ1n) is 6.58. The minimum atomic E-state index is -3.54. The van der Waals surface area contributed by atoms with Crippen molar-refractivity contribution in [3.8, 4) is 0 Å². The number of nitrogens with one attached hydrogen (secondary N) is 1. The summed E-state index contributed by atoms with van der Waals surface area (Å²) in [6.45, 7) is 2.43. The van der Waals surface area contributed by atoms with Gasteiger partial charge in [-0.25, -0.2) is 23.1 Å². The van der Waals surface area contributed by atoms with Crippen molar-refractivity contribution in [2.45, 2.75) is 24.8 Å². The van der Waals surface area contributed by atoms with Crippen molar-refractivity contribution in [1.82, 2.24) is 14.7 Å². The zero-order valence-corrected chi connectivity index (χ0v) is 12.6. The van der Waals surface area contributed by atoms with Gasteiger partial charge in [0, 0.05) is 6.20 Å². The number of nitrogens with zero attached hydrogens (tertiary/aromatic N) is 2. The molecule has 6 nitrogen and oxygen atoms in total. The number of benzene rings is 1. The molecule has 0 aliphatic heterocycles. The quantitative estimate of drug-likeness (QED) is 0.821. The van der Waals surface area contributed by atoms with Gasteiger partial charge in [-0.05, 0) is 43.7 Å². The molecule has 0 amide bonds. The Hall–Kier alpha value is -1.83. The van der Waals surface area contributed by atoms with Crippen LogP contribution in [0, 0.1) is 6.92 Å². The number of hydrogen-bond donors (Lipinski definition) is 2. The molecule has 0 fully saturated rings. The summed E-state index contributed by atoms with van der Waals surface area (Å²) in [4.78, 5) is 8.36. The van der Waals surface area contributed by atoms with Crippen LogP contribution in [0.15, 0.2) is 41.4 Å². The van der Waals surface area contributed by atoms with Gasteiger partial charge in [0.05, 0.1) is 17.1 Å². The van der Waals surface area contributed by atoms with Crippen LogP contribution in [-0.2, 0) is 23.0 Å². The molecule has 3 N–H and O–H groups in total. The smallest absolute Gasteiger partial charge is 0.240 e. The van der Waals surface area contributed by atoms with Crippen LogP contribution in [0.4, 0.5) is 0 Å². The Labute approximate surface area is 124 Å². The lowest BCUT2D eigenvalue weighted by Gasteiger charge is -2.07. The van der Waals surface area contributed by atoms with Crippen molar-refractivity contribution in [3.63, 3.8) is 0 Å². The molecule has 0 saturated heterocycles. The highest BCUT2D eigenvalue weighted by Crippen LogP contribution is 2.11. The molecule has 0 aliphatic rings. The van der Waals surface area contributed by atoms with E-state index in [1.54, 1.807) is 43.5 Å². The van der Waals surface area contributed by atoms with Crippen molar-refractivity contribution in [2.24, 2.45) is 5.73 Å². The lowest BCUT2D eigenvalue weighted by molar-refractivity contribution is 0.580. The fraction of sp³-hybridized carbons (Fsp3) is 0.286. The molecule has 0 unspecified atom stereocenters. The summed E-state index contributed by atoms with van der Waals surface area (Å²) >= 11 is 0. The maximum Gasteiger partial charge on any atom is 0.240 e. The SMILES string of the molecule is Cc1nccc(CNS(=O)(=O)c2ccc(CCN)cc2)n1. The maximum absolute atomic E-state index is 12.2. The van der Waals surface area contributed by atoms with E-state index in [2.05, 4.69) is 14.7 Å². The molecule has 0 aliphatic carbocycles. The van der Waals surface area contributed by atoms with Gasteiger partial charge in [0.1, 0.15) is 5.82 Å². The Balaban J connectivity index is 2.07. The Kier molecular flexibility index (Phi) is 5.00. The minimum absolute atomic E-state index is 0.135. The Morgan fingerprint density at radius 1 is 1.19 bits per heavy atom. The predicted octanol–water partition coefficient (Wildman–Crippen LogP) is 0.765. The molecule has 0 atom stereocenters. The van der Waals surface area contributed by atoms with Crippen LogP contribution in [0.1, 0.15) is 17.1 Å². The Bertz CT molecular complexity index is 699. The molecule has 2 rings (SSSR count). The van der Waals surface area contributed by atoms with Gasteiger partial charge in [-0.1, -0.05) is 12.1 Å². The monoisotopic (exact) mass is 306 g/mol. The summed E-state index contributed by atoms with van der Waals surface area (Å²) in [6.07, 6.45) is 2.33. The summed E-state index contributed by atoms with van der Waals surface area (Å²) in [5, 5.41) is 0. The van der Waals surface area contributed by atoms with E-state index >= 15 is 0 Å². The largest absolute Gasteiger partial charge is 0.330 e. The van der Waals surface area contributed by atoms with Gasteiger partial charge in [0.15, 0.2) is 0 Å². The minimum Gasteiger partial charge on any atom is -0.330 e. The highest BCUT2D eigenvalue weighted by atomic mass is 32.2. The number of aryl methyl sites for hydroxylation is 1. The predicted molar refractivity (Wildman–Crippen MR) is 80.0 cm³/mol. The molecule has 0 saturated carbocycles. The van der Waals surface area contributed by atoms with Crippen LogP contribution in [0.3, 0.4) is 0 Å². The molecule has 0 radical (unpaired) electrons. The van der Waals surface area contributed by atoms with Gasteiger partial charge < -0.3 is 5.73 Å². The molecule has 1 aromatic carbocycles. The first kappa shape index (κ1) is 15.6. The second kappa shape index (κ2) is 6.75. The first-order chi connectivity index (χ1) is 10.0. The molecular weight excluding hydrogens is 288 g/mol. The van der Waals surface area contributed by atoms with Crippen LogP contribution >= 0.6 is 0 Å². The van der Waals surface area contributed by atoms with E-state index in [1.165, 1.54) is 0 Å². The van der Waals surface area contributed by atoms with Crippen LogP contribution in [0.2, 0.25) is 0 Å². The number of sulfonamides is 1. The number of nitrogens with two attached hydrogens (primary N) is 1. The number of aromatic nitrogens is 2. The number of hydrogen-bond acceptors (Lipinski definition) is 5.